The topological polar surface area (TPSA) is 79.5 Å². The van der Waals surface area contributed by atoms with Crippen molar-refractivity contribution < 1.29 is 13.2 Å². The largest absolute Gasteiger partial charge is 0.377 e. The summed E-state index contributed by atoms with van der Waals surface area (Å²) in [4.78, 5) is 0. The SMILES string of the molecule is CCCNS(=O)(=O)NCCOC1CCNCC1. The third-order valence-corrected chi connectivity index (χ3v) is 3.74. The van der Waals surface area contributed by atoms with E-state index >= 15 is 0 Å². The lowest BCUT2D eigenvalue weighted by atomic mass is 10.1. The molecule has 1 saturated heterocycles. The van der Waals surface area contributed by atoms with Gasteiger partial charge in [-0.2, -0.15) is 13.1 Å². The first-order valence-corrected chi connectivity index (χ1v) is 7.69. The molecule has 0 saturated carbocycles. The minimum Gasteiger partial charge on any atom is -0.377 e. The van der Waals surface area contributed by atoms with Crippen molar-refractivity contribution in [1.82, 2.24) is 14.8 Å². The molecule has 17 heavy (non-hydrogen) atoms. The summed E-state index contributed by atoms with van der Waals surface area (Å²) in [5.74, 6) is 0. The fraction of sp³-hybridized carbons (Fsp3) is 1.00. The van der Waals surface area contributed by atoms with Gasteiger partial charge >= 0.3 is 0 Å². The normalized spacial score (nSPS) is 18.4. The lowest BCUT2D eigenvalue weighted by Gasteiger charge is -2.22. The van der Waals surface area contributed by atoms with E-state index in [1.807, 2.05) is 6.92 Å². The fourth-order valence-corrected chi connectivity index (χ4v) is 2.58. The van der Waals surface area contributed by atoms with Crippen molar-refractivity contribution in [1.29, 1.82) is 0 Å². The average molecular weight is 265 g/mol. The summed E-state index contributed by atoms with van der Waals surface area (Å²) in [6.07, 6.45) is 3.05. The molecule has 1 heterocycles. The molecule has 7 heteroatoms. The summed E-state index contributed by atoms with van der Waals surface area (Å²) in [5.41, 5.74) is 0. The van der Waals surface area contributed by atoms with Gasteiger partial charge in [-0.25, -0.2) is 4.72 Å². The highest BCUT2D eigenvalue weighted by Gasteiger charge is 2.13. The first-order chi connectivity index (χ1) is 8.14. The Morgan fingerprint density at radius 3 is 2.53 bits per heavy atom. The predicted molar refractivity (Wildman–Crippen MR) is 67.1 cm³/mol. The summed E-state index contributed by atoms with van der Waals surface area (Å²) in [6.45, 7) is 5.09. The maximum Gasteiger partial charge on any atom is 0.276 e. The summed E-state index contributed by atoms with van der Waals surface area (Å²) in [6, 6.07) is 0. The number of piperidine rings is 1. The summed E-state index contributed by atoms with van der Waals surface area (Å²) in [7, 11) is -3.34. The molecule has 0 atom stereocenters. The van der Waals surface area contributed by atoms with E-state index in [2.05, 4.69) is 14.8 Å². The van der Waals surface area contributed by atoms with Crippen molar-refractivity contribution in [2.75, 3.05) is 32.8 Å². The van der Waals surface area contributed by atoms with Crippen molar-refractivity contribution in [2.24, 2.45) is 0 Å². The molecule has 0 unspecified atom stereocenters. The van der Waals surface area contributed by atoms with Crippen molar-refractivity contribution >= 4 is 10.2 Å². The van der Waals surface area contributed by atoms with Crippen LogP contribution in [0.3, 0.4) is 0 Å². The molecule has 6 nitrogen and oxygen atoms in total. The molecule has 3 N–H and O–H groups in total. The van der Waals surface area contributed by atoms with Gasteiger partial charge in [0.1, 0.15) is 0 Å². The molecule has 0 aliphatic carbocycles. The second kappa shape index (κ2) is 7.99. The number of hydrogen-bond donors (Lipinski definition) is 3. The van der Waals surface area contributed by atoms with Crippen LogP contribution in [0.5, 0.6) is 0 Å². The molecule has 0 bridgehead atoms. The Morgan fingerprint density at radius 2 is 1.88 bits per heavy atom. The van der Waals surface area contributed by atoms with Gasteiger partial charge in [0.05, 0.1) is 12.7 Å². The van der Waals surface area contributed by atoms with Gasteiger partial charge in [-0.1, -0.05) is 6.92 Å². The minimum atomic E-state index is -3.34. The Hall–Kier alpha value is -0.210. The van der Waals surface area contributed by atoms with Crippen LogP contribution in [-0.2, 0) is 14.9 Å². The number of hydrogen-bond acceptors (Lipinski definition) is 4. The molecule has 0 aromatic heterocycles. The Balaban J connectivity index is 2.06. The van der Waals surface area contributed by atoms with Crippen LogP contribution in [0.2, 0.25) is 0 Å². The third-order valence-electron chi connectivity index (χ3n) is 2.58. The van der Waals surface area contributed by atoms with E-state index in [-0.39, 0.29) is 6.10 Å². The molecular weight excluding hydrogens is 242 g/mol. The average Bonchev–Trinajstić information content (AvgIpc) is 2.34. The monoisotopic (exact) mass is 265 g/mol. The van der Waals surface area contributed by atoms with E-state index in [0.29, 0.717) is 19.7 Å². The highest BCUT2D eigenvalue weighted by molar-refractivity contribution is 7.87. The molecule has 1 aliphatic heterocycles. The maximum absolute atomic E-state index is 11.4. The van der Waals surface area contributed by atoms with Gasteiger partial charge in [0.2, 0.25) is 0 Å². The zero-order valence-corrected chi connectivity index (χ0v) is 11.2. The zero-order chi connectivity index (χ0) is 12.6. The molecule has 1 aliphatic rings. The highest BCUT2D eigenvalue weighted by Crippen LogP contribution is 2.06. The number of nitrogens with one attached hydrogen (secondary N) is 3. The molecular formula is C10H23N3O3S. The molecule has 0 radical (unpaired) electrons. The van der Waals surface area contributed by atoms with Crippen LogP contribution in [0.1, 0.15) is 26.2 Å². The Morgan fingerprint density at radius 1 is 1.24 bits per heavy atom. The highest BCUT2D eigenvalue weighted by atomic mass is 32.2. The van der Waals surface area contributed by atoms with Gasteiger partial charge < -0.3 is 10.1 Å². The standard InChI is InChI=1S/C10H23N3O3S/c1-2-5-12-17(14,15)13-8-9-16-10-3-6-11-7-4-10/h10-13H,2-9H2,1H3. The van der Waals surface area contributed by atoms with Gasteiger partial charge in [-0.15, -0.1) is 0 Å². The van der Waals surface area contributed by atoms with E-state index in [1.54, 1.807) is 0 Å². The van der Waals surface area contributed by atoms with E-state index in [1.165, 1.54) is 0 Å². The Labute approximate surface area is 104 Å². The van der Waals surface area contributed by atoms with E-state index in [0.717, 1.165) is 32.4 Å². The van der Waals surface area contributed by atoms with E-state index < -0.39 is 10.2 Å². The summed E-state index contributed by atoms with van der Waals surface area (Å²) < 4.78 is 33.2. The maximum atomic E-state index is 11.4. The Bertz CT molecular complexity index is 289. The van der Waals surface area contributed by atoms with Crippen LogP contribution in [0, 0.1) is 0 Å². The van der Waals surface area contributed by atoms with Gasteiger partial charge in [0.25, 0.3) is 10.2 Å². The first-order valence-electron chi connectivity index (χ1n) is 6.20. The molecule has 1 rings (SSSR count). The van der Waals surface area contributed by atoms with Crippen LogP contribution in [0.15, 0.2) is 0 Å². The lowest BCUT2D eigenvalue weighted by molar-refractivity contribution is 0.0366. The molecule has 0 aromatic rings. The molecule has 0 amide bonds. The smallest absolute Gasteiger partial charge is 0.276 e. The van der Waals surface area contributed by atoms with Crippen LogP contribution in [0.4, 0.5) is 0 Å². The second-order valence-corrected chi connectivity index (χ2v) is 5.70. The Kier molecular flexibility index (Phi) is 6.98. The van der Waals surface area contributed by atoms with Gasteiger partial charge in [-0.3, -0.25) is 0 Å². The van der Waals surface area contributed by atoms with Crippen LogP contribution < -0.4 is 14.8 Å². The molecule has 102 valence electrons. The van der Waals surface area contributed by atoms with Crippen molar-refractivity contribution in [2.45, 2.75) is 32.3 Å². The molecule has 0 spiro atoms. The number of rotatable bonds is 8. The minimum absolute atomic E-state index is 0.268. The predicted octanol–water partition coefficient (Wildman–Crippen LogP) is -0.411. The first kappa shape index (κ1) is 14.8. The third kappa shape index (κ3) is 6.95. The quantitative estimate of drug-likeness (QED) is 0.521. The summed E-state index contributed by atoms with van der Waals surface area (Å²) >= 11 is 0. The molecule has 0 aromatic carbocycles. The van der Waals surface area contributed by atoms with E-state index in [4.69, 9.17) is 4.74 Å². The van der Waals surface area contributed by atoms with Gasteiger partial charge in [-0.05, 0) is 32.4 Å². The van der Waals surface area contributed by atoms with Crippen LogP contribution in [-0.4, -0.2) is 47.3 Å². The van der Waals surface area contributed by atoms with Crippen LogP contribution in [0.25, 0.3) is 0 Å². The second-order valence-electron chi connectivity index (χ2n) is 4.11. The zero-order valence-electron chi connectivity index (χ0n) is 10.4. The summed E-state index contributed by atoms with van der Waals surface area (Å²) in [5, 5.41) is 3.25. The number of ether oxygens (including phenoxy) is 1. The van der Waals surface area contributed by atoms with E-state index in [9.17, 15) is 8.42 Å². The lowest BCUT2D eigenvalue weighted by Crippen LogP contribution is -2.39. The van der Waals surface area contributed by atoms with Crippen molar-refractivity contribution in [3.05, 3.63) is 0 Å². The van der Waals surface area contributed by atoms with Gasteiger partial charge in [0.15, 0.2) is 0 Å². The van der Waals surface area contributed by atoms with Gasteiger partial charge in [0, 0.05) is 13.1 Å². The van der Waals surface area contributed by atoms with Crippen molar-refractivity contribution in [3.8, 4) is 0 Å². The fourth-order valence-electron chi connectivity index (χ4n) is 1.65. The van der Waals surface area contributed by atoms with Crippen molar-refractivity contribution in [3.63, 3.8) is 0 Å². The molecule has 1 fully saturated rings. The van der Waals surface area contributed by atoms with Crippen LogP contribution >= 0.6 is 0 Å².